The van der Waals surface area contributed by atoms with Gasteiger partial charge in [0, 0.05) is 18.6 Å². The summed E-state index contributed by atoms with van der Waals surface area (Å²) in [5, 5.41) is 10.8. The average Bonchev–Trinajstić information content (AvgIpc) is 3.06. The summed E-state index contributed by atoms with van der Waals surface area (Å²) in [6.07, 6.45) is 5.33. The van der Waals surface area contributed by atoms with E-state index in [1.54, 1.807) is 7.11 Å². The van der Waals surface area contributed by atoms with Crippen LogP contribution in [0.2, 0.25) is 0 Å². The molecule has 0 bridgehead atoms. The van der Waals surface area contributed by atoms with Crippen molar-refractivity contribution in [2.75, 3.05) is 7.11 Å². The van der Waals surface area contributed by atoms with Crippen LogP contribution < -0.4 is 4.74 Å². The molecule has 0 unspecified atom stereocenters. The van der Waals surface area contributed by atoms with Gasteiger partial charge in [0.05, 0.1) is 18.0 Å². The Hall–Kier alpha value is -1.97. The van der Waals surface area contributed by atoms with E-state index in [4.69, 9.17) is 4.74 Å². The molecule has 4 heteroatoms. The summed E-state index contributed by atoms with van der Waals surface area (Å²) >= 11 is 0. The Morgan fingerprint density at radius 3 is 2.65 bits per heavy atom. The molecule has 2 aromatic rings. The van der Waals surface area contributed by atoms with Crippen molar-refractivity contribution in [3.8, 4) is 5.75 Å². The normalized spacial score (nSPS) is 17.5. The Kier molecular flexibility index (Phi) is 2.96. The molecule has 1 aromatic carbocycles. The molecule has 1 aliphatic rings. The first-order valence-corrected chi connectivity index (χ1v) is 6.95. The van der Waals surface area contributed by atoms with Crippen molar-refractivity contribution in [1.82, 2.24) is 4.57 Å². The third-order valence-corrected chi connectivity index (χ3v) is 4.60. The fraction of sp³-hybridized carbons (Fsp3) is 0.438. The molecule has 0 radical (unpaired) electrons. The molecule has 1 saturated carbocycles. The second kappa shape index (κ2) is 4.54. The molecular weight excluding hydrogens is 254 g/mol. The molecular formula is C16H19NO3. The minimum Gasteiger partial charge on any atom is -0.496 e. The molecule has 0 atom stereocenters. The molecule has 1 heterocycles. The summed E-state index contributed by atoms with van der Waals surface area (Å²) in [7, 11) is 3.60. The quantitative estimate of drug-likeness (QED) is 0.935. The zero-order valence-electron chi connectivity index (χ0n) is 11.8. The fourth-order valence-corrected chi connectivity index (χ4v) is 3.39. The predicted octanol–water partition coefficient (Wildman–Crippen LogP) is 3.08. The zero-order valence-corrected chi connectivity index (χ0v) is 11.8. The number of aliphatic carboxylic acids is 1. The van der Waals surface area contributed by atoms with Gasteiger partial charge < -0.3 is 14.4 Å². The van der Waals surface area contributed by atoms with Gasteiger partial charge in [0.2, 0.25) is 0 Å². The summed E-state index contributed by atoms with van der Waals surface area (Å²) in [4.78, 5) is 11.8. The molecule has 0 aliphatic heterocycles. The highest BCUT2D eigenvalue weighted by Crippen LogP contribution is 2.44. The van der Waals surface area contributed by atoms with Gasteiger partial charge in [-0.05, 0) is 36.6 Å². The second-order valence-electron chi connectivity index (χ2n) is 5.63. The monoisotopic (exact) mass is 273 g/mol. The van der Waals surface area contributed by atoms with E-state index in [0.29, 0.717) is 12.8 Å². The number of fused-ring (bicyclic) bond motifs is 1. The predicted molar refractivity (Wildman–Crippen MR) is 77.3 cm³/mol. The number of benzene rings is 1. The van der Waals surface area contributed by atoms with Gasteiger partial charge in [-0.25, -0.2) is 0 Å². The first kappa shape index (κ1) is 13.0. The van der Waals surface area contributed by atoms with Crippen LogP contribution in [0.25, 0.3) is 10.9 Å². The first-order chi connectivity index (χ1) is 9.58. The highest BCUT2D eigenvalue weighted by molar-refractivity contribution is 5.90. The van der Waals surface area contributed by atoms with Crippen molar-refractivity contribution in [2.45, 2.75) is 31.1 Å². The maximum atomic E-state index is 11.8. The molecule has 4 nitrogen and oxygen atoms in total. The van der Waals surface area contributed by atoms with E-state index in [0.717, 1.165) is 35.1 Å². The van der Waals surface area contributed by atoms with E-state index < -0.39 is 11.4 Å². The van der Waals surface area contributed by atoms with Gasteiger partial charge in [-0.1, -0.05) is 12.8 Å². The number of carbonyl (C=O) groups is 1. The molecule has 1 fully saturated rings. The van der Waals surface area contributed by atoms with Crippen LogP contribution in [0, 0.1) is 0 Å². The van der Waals surface area contributed by atoms with Crippen LogP contribution in [0.5, 0.6) is 5.75 Å². The maximum Gasteiger partial charge on any atom is 0.314 e. The van der Waals surface area contributed by atoms with Crippen LogP contribution >= 0.6 is 0 Å². The Balaban J connectivity index is 2.25. The molecule has 1 aliphatic carbocycles. The maximum absolute atomic E-state index is 11.8. The van der Waals surface area contributed by atoms with Gasteiger partial charge in [0.1, 0.15) is 5.75 Å². The second-order valence-corrected chi connectivity index (χ2v) is 5.63. The van der Waals surface area contributed by atoms with Gasteiger partial charge in [0.15, 0.2) is 0 Å². The lowest BCUT2D eigenvalue weighted by atomic mass is 9.78. The topological polar surface area (TPSA) is 51.5 Å². The van der Waals surface area contributed by atoms with E-state index in [2.05, 4.69) is 0 Å². The van der Waals surface area contributed by atoms with Crippen LogP contribution in [0.15, 0.2) is 24.4 Å². The zero-order chi connectivity index (χ0) is 14.3. The third-order valence-electron chi connectivity index (χ3n) is 4.60. The van der Waals surface area contributed by atoms with Crippen LogP contribution in [-0.4, -0.2) is 22.8 Å². The SMILES string of the molecule is COc1cc(C2(C(=O)O)CCCC2)cc2c1ccn2C. The number of aromatic nitrogens is 1. The van der Waals surface area contributed by atoms with Crippen LogP contribution in [0.3, 0.4) is 0 Å². The van der Waals surface area contributed by atoms with Crippen LogP contribution in [0.1, 0.15) is 31.2 Å². The molecule has 0 amide bonds. The largest absolute Gasteiger partial charge is 0.496 e. The van der Waals surface area contributed by atoms with Gasteiger partial charge in [-0.15, -0.1) is 0 Å². The Morgan fingerprint density at radius 2 is 2.05 bits per heavy atom. The number of ether oxygens (including phenoxy) is 1. The van der Waals surface area contributed by atoms with E-state index in [1.165, 1.54) is 0 Å². The van der Waals surface area contributed by atoms with Gasteiger partial charge in [-0.3, -0.25) is 4.79 Å². The van der Waals surface area contributed by atoms with Crippen molar-refractivity contribution in [3.05, 3.63) is 30.0 Å². The summed E-state index contributed by atoms with van der Waals surface area (Å²) in [6, 6.07) is 5.92. The number of aryl methyl sites for hydroxylation is 1. The number of rotatable bonds is 3. The van der Waals surface area contributed by atoms with E-state index in [-0.39, 0.29) is 0 Å². The van der Waals surface area contributed by atoms with Crippen molar-refractivity contribution in [2.24, 2.45) is 7.05 Å². The number of hydrogen-bond acceptors (Lipinski definition) is 2. The van der Waals surface area contributed by atoms with Crippen LogP contribution in [0.4, 0.5) is 0 Å². The van der Waals surface area contributed by atoms with Crippen molar-refractivity contribution in [3.63, 3.8) is 0 Å². The van der Waals surface area contributed by atoms with E-state index in [1.807, 2.05) is 36.0 Å². The number of methoxy groups -OCH3 is 1. The standard InChI is InChI=1S/C16H19NO3/c1-17-8-5-12-13(17)9-11(10-14(12)20-2)16(15(18)19)6-3-4-7-16/h5,8-10H,3-4,6-7H2,1-2H3,(H,18,19). The van der Waals surface area contributed by atoms with Gasteiger partial charge in [-0.2, -0.15) is 0 Å². The van der Waals surface area contributed by atoms with Gasteiger partial charge in [0.25, 0.3) is 0 Å². The minimum atomic E-state index is -0.744. The first-order valence-electron chi connectivity index (χ1n) is 6.95. The van der Waals surface area contributed by atoms with Crippen molar-refractivity contribution < 1.29 is 14.6 Å². The lowest BCUT2D eigenvalue weighted by molar-refractivity contribution is -0.143. The lowest BCUT2D eigenvalue weighted by Gasteiger charge is -2.25. The number of carboxylic acids is 1. The number of hydrogen-bond donors (Lipinski definition) is 1. The Morgan fingerprint density at radius 1 is 1.35 bits per heavy atom. The van der Waals surface area contributed by atoms with Gasteiger partial charge >= 0.3 is 5.97 Å². The van der Waals surface area contributed by atoms with Crippen molar-refractivity contribution in [1.29, 1.82) is 0 Å². The number of carboxylic acid groups (broad SMARTS) is 1. The fourth-order valence-electron chi connectivity index (χ4n) is 3.39. The van der Waals surface area contributed by atoms with E-state index >= 15 is 0 Å². The Labute approximate surface area is 118 Å². The number of nitrogens with zero attached hydrogens (tertiary/aromatic N) is 1. The molecule has 20 heavy (non-hydrogen) atoms. The summed E-state index contributed by atoms with van der Waals surface area (Å²) in [6.45, 7) is 0. The molecule has 3 rings (SSSR count). The lowest BCUT2D eigenvalue weighted by Crippen LogP contribution is -2.32. The summed E-state index contributed by atoms with van der Waals surface area (Å²) in [5.74, 6) is 0.0382. The summed E-state index contributed by atoms with van der Waals surface area (Å²) in [5.41, 5.74) is 1.15. The average molecular weight is 273 g/mol. The summed E-state index contributed by atoms with van der Waals surface area (Å²) < 4.78 is 7.47. The van der Waals surface area contributed by atoms with Crippen LogP contribution in [-0.2, 0) is 17.3 Å². The highest BCUT2D eigenvalue weighted by atomic mass is 16.5. The Bertz CT molecular complexity index is 666. The molecule has 106 valence electrons. The molecule has 1 aromatic heterocycles. The minimum absolute atomic E-state index is 0.710. The van der Waals surface area contributed by atoms with Crippen molar-refractivity contribution >= 4 is 16.9 Å². The van der Waals surface area contributed by atoms with E-state index in [9.17, 15) is 9.90 Å². The third kappa shape index (κ3) is 1.71. The smallest absolute Gasteiger partial charge is 0.314 e. The molecule has 0 spiro atoms. The molecule has 0 saturated heterocycles. The highest BCUT2D eigenvalue weighted by Gasteiger charge is 2.43. The molecule has 1 N–H and O–H groups in total.